The standard InChI is InChI=1S/C20H23F2N5S/c21-17-11-19(18(22)10-15(17)12-24-26-20(23)28)25-16-6-8-27(9-7-16)13-14-4-2-1-3-5-14/h1-5,10-12,16,25H,6-9,13H2,(H3,23,26,28)/b24-12+. The number of thiocarbonyl (C=S) groups is 1. The Morgan fingerprint density at radius 1 is 1.18 bits per heavy atom. The number of hydrazone groups is 1. The van der Waals surface area contributed by atoms with Crippen LogP contribution in [-0.4, -0.2) is 35.4 Å². The Morgan fingerprint density at radius 2 is 1.89 bits per heavy atom. The molecule has 148 valence electrons. The second kappa shape index (κ2) is 9.57. The summed E-state index contributed by atoms with van der Waals surface area (Å²) >= 11 is 4.60. The average molecular weight is 404 g/mol. The molecule has 5 nitrogen and oxygen atoms in total. The first-order chi connectivity index (χ1) is 13.5. The Bertz CT molecular complexity index is 836. The Kier molecular flexibility index (Phi) is 6.89. The number of hydrogen-bond donors (Lipinski definition) is 3. The quantitative estimate of drug-likeness (QED) is 0.393. The number of nitrogens with zero attached hydrogens (tertiary/aromatic N) is 2. The van der Waals surface area contributed by atoms with Gasteiger partial charge in [0.15, 0.2) is 5.11 Å². The van der Waals surface area contributed by atoms with Crippen LogP contribution in [0.15, 0.2) is 47.6 Å². The molecule has 0 unspecified atom stereocenters. The summed E-state index contributed by atoms with van der Waals surface area (Å²) in [6.45, 7) is 2.73. The third-order valence-corrected chi connectivity index (χ3v) is 4.75. The molecule has 0 aromatic heterocycles. The van der Waals surface area contributed by atoms with E-state index in [0.29, 0.717) is 0 Å². The third-order valence-electron chi connectivity index (χ3n) is 4.66. The number of nitrogens with two attached hydrogens (primary N) is 1. The molecule has 8 heteroatoms. The van der Waals surface area contributed by atoms with E-state index in [1.165, 1.54) is 5.56 Å². The van der Waals surface area contributed by atoms with E-state index >= 15 is 0 Å². The smallest absolute Gasteiger partial charge is 0.184 e. The molecule has 0 amide bonds. The van der Waals surface area contributed by atoms with Crippen molar-refractivity contribution in [1.29, 1.82) is 0 Å². The van der Waals surface area contributed by atoms with Crippen molar-refractivity contribution in [3.8, 4) is 0 Å². The van der Waals surface area contributed by atoms with Crippen molar-refractivity contribution in [2.75, 3.05) is 18.4 Å². The fourth-order valence-corrected chi connectivity index (χ4v) is 3.29. The number of rotatable bonds is 6. The van der Waals surface area contributed by atoms with Gasteiger partial charge in [-0.15, -0.1) is 0 Å². The zero-order chi connectivity index (χ0) is 19.9. The number of halogens is 2. The van der Waals surface area contributed by atoms with Crippen molar-refractivity contribution in [3.05, 3.63) is 65.2 Å². The van der Waals surface area contributed by atoms with E-state index in [1.54, 1.807) is 0 Å². The minimum Gasteiger partial charge on any atom is -0.380 e. The van der Waals surface area contributed by atoms with E-state index in [9.17, 15) is 8.78 Å². The van der Waals surface area contributed by atoms with Crippen LogP contribution in [0.4, 0.5) is 14.5 Å². The third kappa shape index (κ3) is 5.71. The van der Waals surface area contributed by atoms with E-state index in [2.05, 4.69) is 45.1 Å². The maximum atomic E-state index is 14.4. The molecule has 0 saturated carbocycles. The van der Waals surface area contributed by atoms with Crippen LogP contribution in [0.1, 0.15) is 24.0 Å². The molecule has 1 heterocycles. The molecule has 1 aliphatic rings. The molecule has 1 fully saturated rings. The van der Waals surface area contributed by atoms with E-state index in [-0.39, 0.29) is 22.4 Å². The maximum absolute atomic E-state index is 14.4. The Labute approximate surface area is 168 Å². The van der Waals surface area contributed by atoms with Gasteiger partial charge >= 0.3 is 0 Å². The zero-order valence-corrected chi connectivity index (χ0v) is 16.2. The first-order valence-electron chi connectivity index (χ1n) is 9.11. The van der Waals surface area contributed by atoms with Gasteiger partial charge in [-0.1, -0.05) is 30.3 Å². The zero-order valence-electron chi connectivity index (χ0n) is 15.4. The number of hydrogen-bond acceptors (Lipinski definition) is 4. The summed E-state index contributed by atoms with van der Waals surface area (Å²) < 4.78 is 28.6. The number of piperidine rings is 1. The number of likely N-dealkylation sites (tertiary alicyclic amines) is 1. The second-order valence-electron chi connectivity index (χ2n) is 6.77. The summed E-state index contributed by atoms with van der Waals surface area (Å²) in [5.41, 5.74) is 9.01. The highest BCUT2D eigenvalue weighted by Gasteiger charge is 2.20. The van der Waals surface area contributed by atoms with Gasteiger partial charge in [0.1, 0.15) is 11.6 Å². The molecule has 2 aromatic rings. The van der Waals surface area contributed by atoms with Crippen LogP contribution in [0.3, 0.4) is 0 Å². The predicted molar refractivity (Wildman–Crippen MR) is 112 cm³/mol. The summed E-state index contributed by atoms with van der Waals surface area (Å²) in [7, 11) is 0. The van der Waals surface area contributed by atoms with Gasteiger partial charge in [-0.2, -0.15) is 5.10 Å². The van der Waals surface area contributed by atoms with Gasteiger partial charge < -0.3 is 11.1 Å². The molecule has 0 aliphatic carbocycles. The molecule has 1 saturated heterocycles. The summed E-state index contributed by atoms with van der Waals surface area (Å²) in [5.74, 6) is -1.09. The van der Waals surface area contributed by atoms with E-state index < -0.39 is 11.6 Å². The largest absolute Gasteiger partial charge is 0.380 e. The van der Waals surface area contributed by atoms with Crippen LogP contribution < -0.4 is 16.5 Å². The maximum Gasteiger partial charge on any atom is 0.184 e. The van der Waals surface area contributed by atoms with Crippen LogP contribution in [-0.2, 0) is 6.54 Å². The van der Waals surface area contributed by atoms with Gasteiger partial charge in [-0.3, -0.25) is 10.3 Å². The van der Waals surface area contributed by atoms with Gasteiger partial charge in [0.25, 0.3) is 0 Å². The molecule has 3 rings (SSSR count). The molecule has 2 aromatic carbocycles. The van der Waals surface area contributed by atoms with Crippen molar-refractivity contribution < 1.29 is 8.78 Å². The highest BCUT2D eigenvalue weighted by molar-refractivity contribution is 7.80. The van der Waals surface area contributed by atoms with Crippen molar-refractivity contribution in [1.82, 2.24) is 10.3 Å². The highest BCUT2D eigenvalue weighted by Crippen LogP contribution is 2.23. The van der Waals surface area contributed by atoms with Gasteiger partial charge in [0.05, 0.1) is 11.9 Å². The van der Waals surface area contributed by atoms with Crippen LogP contribution in [0.5, 0.6) is 0 Å². The van der Waals surface area contributed by atoms with E-state index in [0.717, 1.165) is 50.8 Å². The van der Waals surface area contributed by atoms with Crippen molar-refractivity contribution >= 4 is 29.2 Å². The Balaban J connectivity index is 1.55. The lowest BCUT2D eigenvalue weighted by atomic mass is 10.0. The summed E-state index contributed by atoms with van der Waals surface area (Å²) in [4.78, 5) is 2.37. The van der Waals surface area contributed by atoms with Crippen LogP contribution >= 0.6 is 12.2 Å². The lowest BCUT2D eigenvalue weighted by Gasteiger charge is -2.33. The first-order valence-corrected chi connectivity index (χ1v) is 9.52. The molecule has 0 bridgehead atoms. The minimum atomic E-state index is -0.570. The van der Waals surface area contributed by atoms with Crippen molar-refractivity contribution in [2.24, 2.45) is 10.8 Å². The van der Waals surface area contributed by atoms with Gasteiger partial charge in [-0.25, -0.2) is 8.78 Å². The lowest BCUT2D eigenvalue weighted by Crippen LogP contribution is -2.38. The Hall–Kier alpha value is -2.58. The molecule has 0 atom stereocenters. The summed E-state index contributed by atoms with van der Waals surface area (Å²) in [6, 6.07) is 12.7. The van der Waals surface area contributed by atoms with Crippen LogP contribution in [0, 0.1) is 11.6 Å². The van der Waals surface area contributed by atoms with E-state index in [4.69, 9.17) is 5.73 Å². The SMILES string of the molecule is NC(=S)N/N=C/c1cc(F)c(NC2CCN(Cc3ccccc3)CC2)cc1F. The number of nitrogens with one attached hydrogen (secondary N) is 2. The van der Waals surface area contributed by atoms with Crippen molar-refractivity contribution in [3.63, 3.8) is 0 Å². The molecule has 0 radical (unpaired) electrons. The van der Waals surface area contributed by atoms with Crippen molar-refractivity contribution in [2.45, 2.75) is 25.4 Å². The number of anilines is 1. The Morgan fingerprint density at radius 3 is 2.57 bits per heavy atom. The fraction of sp³-hybridized carbons (Fsp3) is 0.300. The minimum absolute atomic E-state index is 0.0180. The average Bonchev–Trinajstić information content (AvgIpc) is 2.67. The van der Waals surface area contributed by atoms with Gasteiger partial charge in [0, 0.05) is 37.3 Å². The van der Waals surface area contributed by atoms with Gasteiger partial charge in [-0.05, 0) is 36.7 Å². The molecule has 0 spiro atoms. The first kappa shape index (κ1) is 20.2. The molecule has 4 N–H and O–H groups in total. The van der Waals surface area contributed by atoms with Crippen LogP contribution in [0.2, 0.25) is 0 Å². The highest BCUT2D eigenvalue weighted by atomic mass is 32.1. The summed E-state index contributed by atoms with van der Waals surface area (Å²) in [6.07, 6.45) is 2.88. The monoisotopic (exact) mass is 403 g/mol. The number of benzene rings is 2. The molecule has 28 heavy (non-hydrogen) atoms. The molecular weight excluding hydrogens is 380 g/mol. The molecule has 1 aliphatic heterocycles. The normalized spacial score (nSPS) is 15.6. The summed E-state index contributed by atoms with van der Waals surface area (Å²) in [5, 5.41) is 6.74. The lowest BCUT2D eigenvalue weighted by molar-refractivity contribution is 0.211. The molecular formula is C20H23F2N5S. The topological polar surface area (TPSA) is 65.7 Å². The predicted octanol–water partition coefficient (Wildman–Crippen LogP) is 3.21. The second-order valence-corrected chi connectivity index (χ2v) is 7.21. The fourth-order valence-electron chi connectivity index (χ4n) is 3.23. The van der Waals surface area contributed by atoms with Gasteiger partial charge in [0.2, 0.25) is 0 Å². The van der Waals surface area contributed by atoms with E-state index in [1.807, 2.05) is 18.2 Å². The van der Waals surface area contributed by atoms with Crippen LogP contribution in [0.25, 0.3) is 0 Å².